The normalized spacial score (nSPS) is 23.3. The van der Waals surface area contributed by atoms with Gasteiger partial charge in [0.1, 0.15) is 6.10 Å². The Morgan fingerprint density at radius 3 is 2.53 bits per heavy atom. The molecule has 0 saturated carbocycles. The molecule has 1 fully saturated rings. The van der Waals surface area contributed by atoms with Gasteiger partial charge in [-0.15, -0.1) is 0 Å². The second-order valence-corrected chi connectivity index (χ2v) is 4.41. The van der Waals surface area contributed by atoms with Crippen LogP contribution in [0, 0.1) is 20.8 Å². The number of hydrogen-bond donors (Lipinski definition) is 2. The molecule has 0 bridgehead atoms. The van der Waals surface area contributed by atoms with Crippen molar-refractivity contribution in [3.63, 3.8) is 0 Å². The third-order valence-electron chi connectivity index (χ3n) is 3.46. The van der Waals surface area contributed by atoms with Crippen LogP contribution < -0.4 is 0 Å². The Labute approximate surface area is 90.5 Å². The van der Waals surface area contributed by atoms with Crippen LogP contribution in [0.1, 0.15) is 41.5 Å². The fraction of sp³-hybridized carbons (Fsp3) is 0.667. The molecule has 1 aliphatic heterocycles. The van der Waals surface area contributed by atoms with E-state index in [1.807, 2.05) is 13.8 Å². The quantitative estimate of drug-likeness (QED) is 0.784. The van der Waals surface area contributed by atoms with Crippen LogP contribution in [0.5, 0.6) is 0 Å². The number of aliphatic hydroxyl groups is 1. The standard InChI is InChI=1S/C12H19NO2/c1-7-8(2)11(13-9(7)3)12(14)10-5-4-6-15-10/h10,12-14H,4-6H2,1-3H3. The van der Waals surface area contributed by atoms with Crippen LogP contribution in [0.3, 0.4) is 0 Å². The summed E-state index contributed by atoms with van der Waals surface area (Å²) in [6, 6.07) is 0. The van der Waals surface area contributed by atoms with Gasteiger partial charge >= 0.3 is 0 Å². The molecule has 0 aliphatic carbocycles. The van der Waals surface area contributed by atoms with Gasteiger partial charge in [-0.2, -0.15) is 0 Å². The van der Waals surface area contributed by atoms with Gasteiger partial charge in [0.2, 0.25) is 0 Å². The molecule has 3 heteroatoms. The number of hydrogen-bond acceptors (Lipinski definition) is 2. The number of aliphatic hydroxyl groups excluding tert-OH is 1. The zero-order valence-electron chi connectivity index (χ0n) is 9.63. The first-order valence-corrected chi connectivity index (χ1v) is 5.56. The predicted molar refractivity (Wildman–Crippen MR) is 58.9 cm³/mol. The van der Waals surface area contributed by atoms with Crippen molar-refractivity contribution < 1.29 is 9.84 Å². The minimum absolute atomic E-state index is 0.0267. The lowest BCUT2D eigenvalue weighted by Crippen LogP contribution is -2.18. The Balaban J connectivity index is 2.24. The van der Waals surface area contributed by atoms with Gasteiger partial charge in [-0.1, -0.05) is 0 Å². The SMILES string of the molecule is Cc1[nH]c(C(O)C2CCCO2)c(C)c1C. The number of nitrogens with one attached hydrogen (secondary N) is 1. The maximum absolute atomic E-state index is 10.2. The van der Waals surface area contributed by atoms with Crippen molar-refractivity contribution in [2.45, 2.75) is 45.8 Å². The molecule has 2 rings (SSSR count). The van der Waals surface area contributed by atoms with Crippen LogP contribution >= 0.6 is 0 Å². The highest BCUT2D eigenvalue weighted by Crippen LogP contribution is 2.30. The molecule has 3 nitrogen and oxygen atoms in total. The summed E-state index contributed by atoms with van der Waals surface area (Å²) in [5, 5.41) is 10.2. The van der Waals surface area contributed by atoms with Gasteiger partial charge in [0.25, 0.3) is 0 Å². The van der Waals surface area contributed by atoms with E-state index in [0.717, 1.165) is 36.4 Å². The molecule has 2 N–H and O–H groups in total. The molecule has 0 radical (unpaired) electrons. The molecule has 1 saturated heterocycles. The number of ether oxygens (including phenoxy) is 1. The molecule has 0 aromatic carbocycles. The lowest BCUT2D eigenvalue weighted by molar-refractivity contribution is -0.00480. The van der Waals surface area contributed by atoms with Crippen LogP contribution in [-0.4, -0.2) is 22.8 Å². The van der Waals surface area contributed by atoms with Crippen LogP contribution in [0.25, 0.3) is 0 Å². The first-order valence-electron chi connectivity index (χ1n) is 5.56. The number of aromatic nitrogens is 1. The maximum atomic E-state index is 10.2. The Morgan fingerprint density at radius 1 is 1.33 bits per heavy atom. The van der Waals surface area contributed by atoms with E-state index in [1.54, 1.807) is 0 Å². The van der Waals surface area contributed by atoms with Crippen LogP contribution in [0.15, 0.2) is 0 Å². The van der Waals surface area contributed by atoms with E-state index >= 15 is 0 Å². The molecular weight excluding hydrogens is 190 g/mol. The fourth-order valence-corrected chi connectivity index (χ4v) is 2.21. The lowest BCUT2D eigenvalue weighted by atomic mass is 10.0. The van der Waals surface area contributed by atoms with Crippen molar-refractivity contribution >= 4 is 0 Å². The maximum Gasteiger partial charge on any atom is 0.120 e. The van der Waals surface area contributed by atoms with E-state index < -0.39 is 6.10 Å². The molecule has 2 unspecified atom stereocenters. The molecule has 2 atom stereocenters. The summed E-state index contributed by atoms with van der Waals surface area (Å²) in [7, 11) is 0. The Hall–Kier alpha value is -0.800. The van der Waals surface area contributed by atoms with Gasteiger partial charge in [-0.3, -0.25) is 0 Å². The average molecular weight is 209 g/mol. The van der Waals surface area contributed by atoms with E-state index in [9.17, 15) is 5.11 Å². The fourth-order valence-electron chi connectivity index (χ4n) is 2.21. The average Bonchev–Trinajstić information content (AvgIpc) is 2.82. The van der Waals surface area contributed by atoms with Crippen LogP contribution in [0.4, 0.5) is 0 Å². The number of H-pyrrole nitrogens is 1. The topological polar surface area (TPSA) is 45.2 Å². The number of aromatic amines is 1. The van der Waals surface area contributed by atoms with Gasteiger partial charge in [0.15, 0.2) is 0 Å². The summed E-state index contributed by atoms with van der Waals surface area (Å²) in [5.74, 6) is 0. The van der Waals surface area contributed by atoms with E-state index in [-0.39, 0.29) is 6.10 Å². The molecule has 2 heterocycles. The third-order valence-corrected chi connectivity index (χ3v) is 3.46. The van der Waals surface area contributed by atoms with Crippen LogP contribution in [0.2, 0.25) is 0 Å². The molecule has 1 aromatic rings. The molecule has 1 aliphatic rings. The van der Waals surface area contributed by atoms with Gasteiger partial charge in [-0.25, -0.2) is 0 Å². The third kappa shape index (κ3) is 1.82. The predicted octanol–water partition coefficient (Wildman–Crippen LogP) is 2.15. The minimum Gasteiger partial charge on any atom is -0.384 e. The molecule has 0 amide bonds. The minimum atomic E-state index is -0.500. The highest BCUT2D eigenvalue weighted by molar-refractivity contribution is 5.35. The van der Waals surface area contributed by atoms with Crippen LogP contribution in [-0.2, 0) is 4.74 Å². The van der Waals surface area contributed by atoms with E-state index in [2.05, 4.69) is 11.9 Å². The smallest absolute Gasteiger partial charge is 0.120 e. The van der Waals surface area contributed by atoms with Crippen molar-refractivity contribution in [3.8, 4) is 0 Å². The summed E-state index contributed by atoms with van der Waals surface area (Å²) < 4.78 is 5.50. The number of rotatable bonds is 2. The molecular formula is C12H19NO2. The monoisotopic (exact) mass is 209 g/mol. The molecule has 84 valence electrons. The van der Waals surface area contributed by atoms with Crippen molar-refractivity contribution in [3.05, 3.63) is 22.5 Å². The van der Waals surface area contributed by atoms with Gasteiger partial charge in [0.05, 0.1) is 6.10 Å². The zero-order chi connectivity index (χ0) is 11.0. The first-order chi connectivity index (χ1) is 7.11. The Kier molecular flexibility index (Phi) is 2.85. The summed E-state index contributed by atoms with van der Waals surface area (Å²) >= 11 is 0. The summed E-state index contributed by atoms with van der Waals surface area (Å²) in [5.41, 5.74) is 4.47. The summed E-state index contributed by atoms with van der Waals surface area (Å²) in [6.07, 6.45) is 1.48. The van der Waals surface area contributed by atoms with Gasteiger partial charge in [-0.05, 0) is 44.7 Å². The molecule has 0 spiro atoms. The lowest BCUT2D eigenvalue weighted by Gasteiger charge is -2.17. The second kappa shape index (κ2) is 3.99. The van der Waals surface area contributed by atoms with E-state index in [4.69, 9.17) is 4.74 Å². The van der Waals surface area contributed by atoms with E-state index in [1.165, 1.54) is 5.56 Å². The largest absolute Gasteiger partial charge is 0.384 e. The highest BCUT2D eigenvalue weighted by Gasteiger charge is 2.28. The van der Waals surface area contributed by atoms with Gasteiger partial charge < -0.3 is 14.8 Å². The van der Waals surface area contributed by atoms with E-state index in [0.29, 0.717) is 0 Å². The highest BCUT2D eigenvalue weighted by atomic mass is 16.5. The molecule has 1 aromatic heterocycles. The molecule has 15 heavy (non-hydrogen) atoms. The number of aryl methyl sites for hydroxylation is 1. The summed E-state index contributed by atoms with van der Waals surface area (Å²) in [6.45, 7) is 6.94. The zero-order valence-corrected chi connectivity index (χ0v) is 9.63. The first kappa shape index (κ1) is 10.7. The second-order valence-electron chi connectivity index (χ2n) is 4.41. The van der Waals surface area contributed by atoms with Crippen molar-refractivity contribution in [2.75, 3.05) is 6.61 Å². The van der Waals surface area contributed by atoms with Crippen molar-refractivity contribution in [1.82, 2.24) is 4.98 Å². The Morgan fingerprint density at radius 2 is 2.07 bits per heavy atom. The van der Waals surface area contributed by atoms with Crippen molar-refractivity contribution in [2.24, 2.45) is 0 Å². The summed E-state index contributed by atoms with van der Waals surface area (Å²) in [4.78, 5) is 3.26. The van der Waals surface area contributed by atoms with Crippen molar-refractivity contribution in [1.29, 1.82) is 0 Å². The Bertz CT molecular complexity index is 351. The van der Waals surface area contributed by atoms with Gasteiger partial charge in [0, 0.05) is 18.0 Å².